The number of rotatable bonds is 61. The van der Waals surface area contributed by atoms with Crippen LogP contribution in [0.1, 0.15) is 316 Å². The van der Waals surface area contributed by atoms with Gasteiger partial charge in [0.05, 0.1) is 27.7 Å². The van der Waals surface area contributed by atoms with Crippen molar-refractivity contribution in [3.8, 4) is 0 Å². The maximum atomic E-state index is 12.9. The second kappa shape index (κ2) is 58.6. The molecule has 77 heavy (non-hydrogen) atoms. The summed E-state index contributed by atoms with van der Waals surface area (Å²) in [4.78, 5) is 35.8. The normalized spacial score (nSPS) is 13.5. The van der Waals surface area contributed by atoms with Crippen LogP contribution in [0.15, 0.2) is 48.6 Å². The smallest absolute Gasteiger partial charge is 0.462 e. The highest BCUT2D eigenvalue weighted by Crippen LogP contribution is 2.43. The van der Waals surface area contributed by atoms with Gasteiger partial charge in [-0.25, -0.2) is 4.57 Å². The van der Waals surface area contributed by atoms with E-state index in [1.54, 1.807) is 0 Å². The Hall–Kier alpha value is -2.03. The number of carbonyl (C=O) groups is 2. The Labute approximate surface area is 477 Å². The van der Waals surface area contributed by atoms with Crippen LogP contribution in [0, 0.1) is 0 Å². The minimum absolute atomic E-state index is 0.0344. The predicted octanol–water partition coefficient (Wildman–Crippen LogP) is 20.9. The molecule has 0 aliphatic heterocycles. The van der Waals surface area contributed by atoms with Crippen LogP contribution in [0.25, 0.3) is 0 Å². The van der Waals surface area contributed by atoms with Crippen LogP contribution < -0.4 is 0 Å². The van der Waals surface area contributed by atoms with E-state index >= 15 is 0 Å². The molecule has 2 atom stereocenters. The highest BCUT2D eigenvalue weighted by atomic mass is 31.2. The van der Waals surface area contributed by atoms with Crippen molar-refractivity contribution >= 4 is 19.8 Å². The lowest BCUT2D eigenvalue weighted by Crippen LogP contribution is -2.37. The Morgan fingerprint density at radius 2 is 0.740 bits per heavy atom. The first kappa shape index (κ1) is 75.0. The molecule has 0 saturated carbocycles. The van der Waals surface area contributed by atoms with Gasteiger partial charge < -0.3 is 18.9 Å². The molecule has 0 aliphatic carbocycles. The number of hydrogen-bond donors (Lipinski definition) is 1. The van der Waals surface area contributed by atoms with E-state index in [0.29, 0.717) is 23.9 Å². The topological polar surface area (TPSA) is 108 Å². The molecule has 0 amide bonds. The van der Waals surface area contributed by atoms with E-state index in [2.05, 4.69) is 62.5 Å². The average Bonchev–Trinajstić information content (AvgIpc) is 3.39. The third-order valence-electron chi connectivity index (χ3n) is 14.6. The second-order valence-electron chi connectivity index (χ2n) is 23.5. The van der Waals surface area contributed by atoms with Crippen molar-refractivity contribution < 1.29 is 42.1 Å². The zero-order valence-corrected chi connectivity index (χ0v) is 52.4. The summed E-state index contributed by atoms with van der Waals surface area (Å²) in [6.45, 7) is 4.38. The number of unbranched alkanes of at least 4 members (excludes halogenated alkanes) is 39. The fraction of sp³-hybridized carbons (Fsp3) is 0.851. The fourth-order valence-electron chi connectivity index (χ4n) is 9.60. The minimum atomic E-state index is -4.39. The summed E-state index contributed by atoms with van der Waals surface area (Å²) < 4.78 is 34.7. The molecular formula is C67H127NO8P+. The number of phosphoric ester groups is 1. The molecule has 2 unspecified atom stereocenters. The highest BCUT2D eigenvalue weighted by molar-refractivity contribution is 7.47. The van der Waals surface area contributed by atoms with Crippen LogP contribution in [0.2, 0.25) is 0 Å². The van der Waals surface area contributed by atoms with Crippen molar-refractivity contribution in [2.45, 2.75) is 322 Å². The summed E-state index contributed by atoms with van der Waals surface area (Å²) in [5.74, 6) is -0.778. The molecule has 9 nitrogen and oxygen atoms in total. The van der Waals surface area contributed by atoms with Gasteiger partial charge in [0.1, 0.15) is 19.8 Å². The Morgan fingerprint density at radius 1 is 0.416 bits per heavy atom. The molecule has 10 heteroatoms. The van der Waals surface area contributed by atoms with Crippen molar-refractivity contribution in [3.05, 3.63) is 48.6 Å². The van der Waals surface area contributed by atoms with Crippen LogP contribution in [-0.4, -0.2) is 74.9 Å². The molecule has 0 aromatic rings. The molecule has 0 fully saturated rings. The molecule has 0 spiro atoms. The van der Waals surface area contributed by atoms with E-state index in [1.165, 1.54) is 225 Å². The number of phosphoric acid groups is 1. The van der Waals surface area contributed by atoms with Gasteiger partial charge in [0.2, 0.25) is 0 Å². The standard InChI is InChI=1S/C67H126NO8P/c1-6-8-10-12-14-16-18-20-22-24-26-28-29-30-31-32-33-34-35-36-37-38-39-40-42-44-46-48-50-52-54-56-58-60-67(70)76-65(64-75-77(71,72)74-62-61-68(3,4)5)63-73-66(69)59-57-55-53-51-49-47-45-43-41-27-25-23-21-19-17-15-13-11-9-7-2/h8,10,14,16,20,22,26,28,65H,6-7,9,11-13,15,17-19,21,23-25,27,29-64H2,1-5H3/p+1/b10-8-,16-14-,22-20-,28-26-. The molecule has 0 radical (unpaired) electrons. The first-order chi connectivity index (χ1) is 37.5. The lowest BCUT2D eigenvalue weighted by molar-refractivity contribution is -0.870. The third kappa shape index (κ3) is 63.0. The quantitative estimate of drug-likeness (QED) is 0.0211. The number of nitrogens with zero attached hydrogens (tertiary/aromatic N) is 1. The first-order valence-corrected chi connectivity index (χ1v) is 34.4. The van der Waals surface area contributed by atoms with Crippen LogP contribution in [0.5, 0.6) is 0 Å². The molecule has 0 heterocycles. The van der Waals surface area contributed by atoms with Gasteiger partial charge in [-0.05, 0) is 51.4 Å². The SMILES string of the molecule is CC/C=C\C/C=C\C/C=C\C/C=C\CCCCCCCCCCCCCCCCCCCCCCC(=O)OC(COC(=O)CCCCCCCCCCCCCCCCCCCCCC)COP(=O)(O)OCC[N+](C)(C)C. The number of quaternary nitrogens is 1. The molecular weight excluding hydrogens is 978 g/mol. The molecule has 0 bridgehead atoms. The Kier molecular flexibility index (Phi) is 57.1. The maximum absolute atomic E-state index is 12.9. The van der Waals surface area contributed by atoms with Crippen molar-refractivity contribution in [2.24, 2.45) is 0 Å². The zero-order chi connectivity index (χ0) is 56.3. The summed E-state index contributed by atoms with van der Waals surface area (Å²) in [6, 6.07) is 0. The van der Waals surface area contributed by atoms with Gasteiger partial charge in [-0.3, -0.25) is 18.6 Å². The molecule has 0 aromatic carbocycles. The van der Waals surface area contributed by atoms with E-state index in [1.807, 2.05) is 21.1 Å². The molecule has 452 valence electrons. The summed E-state index contributed by atoms with van der Waals surface area (Å²) in [5, 5.41) is 0. The van der Waals surface area contributed by atoms with E-state index in [-0.39, 0.29) is 25.6 Å². The summed E-state index contributed by atoms with van der Waals surface area (Å²) >= 11 is 0. The Bertz CT molecular complexity index is 1440. The van der Waals surface area contributed by atoms with Crippen LogP contribution >= 0.6 is 7.82 Å². The largest absolute Gasteiger partial charge is 0.472 e. The van der Waals surface area contributed by atoms with Crippen LogP contribution in [-0.2, 0) is 32.7 Å². The van der Waals surface area contributed by atoms with E-state index in [0.717, 1.165) is 57.8 Å². The van der Waals surface area contributed by atoms with Crippen LogP contribution in [0.3, 0.4) is 0 Å². The molecule has 0 saturated heterocycles. The van der Waals surface area contributed by atoms with E-state index < -0.39 is 26.5 Å². The van der Waals surface area contributed by atoms with Gasteiger partial charge in [-0.2, -0.15) is 0 Å². The van der Waals surface area contributed by atoms with Crippen molar-refractivity contribution in [1.29, 1.82) is 0 Å². The average molecular weight is 1110 g/mol. The number of hydrogen-bond acceptors (Lipinski definition) is 7. The number of esters is 2. The number of allylic oxidation sites excluding steroid dienone is 8. The summed E-state index contributed by atoms with van der Waals surface area (Å²) in [6.07, 6.45) is 74.9. The molecule has 0 aromatic heterocycles. The van der Waals surface area contributed by atoms with Crippen molar-refractivity contribution in [2.75, 3.05) is 47.5 Å². The van der Waals surface area contributed by atoms with Gasteiger partial charge in [0.15, 0.2) is 6.10 Å². The number of likely N-dealkylation sites (N-methyl/N-ethyl adjacent to an activating group) is 1. The Morgan fingerprint density at radius 3 is 1.10 bits per heavy atom. The number of ether oxygens (including phenoxy) is 2. The third-order valence-corrected chi connectivity index (χ3v) is 15.6. The maximum Gasteiger partial charge on any atom is 0.472 e. The summed E-state index contributed by atoms with van der Waals surface area (Å²) in [5.41, 5.74) is 0. The summed E-state index contributed by atoms with van der Waals surface area (Å²) in [7, 11) is 1.49. The van der Waals surface area contributed by atoms with Gasteiger partial charge in [-0.1, -0.05) is 300 Å². The van der Waals surface area contributed by atoms with Gasteiger partial charge >= 0.3 is 19.8 Å². The minimum Gasteiger partial charge on any atom is -0.462 e. The molecule has 0 rings (SSSR count). The monoisotopic (exact) mass is 1100 g/mol. The Balaban J connectivity index is 4.00. The van der Waals surface area contributed by atoms with Crippen LogP contribution in [0.4, 0.5) is 0 Å². The first-order valence-electron chi connectivity index (χ1n) is 32.9. The lowest BCUT2D eigenvalue weighted by atomic mass is 10.0. The van der Waals surface area contributed by atoms with E-state index in [4.69, 9.17) is 18.5 Å². The van der Waals surface area contributed by atoms with E-state index in [9.17, 15) is 19.0 Å². The van der Waals surface area contributed by atoms with Gasteiger partial charge in [0, 0.05) is 12.8 Å². The van der Waals surface area contributed by atoms with Crippen molar-refractivity contribution in [3.63, 3.8) is 0 Å². The zero-order valence-electron chi connectivity index (χ0n) is 51.5. The fourth-order valence-corrected chi connectivity index (χ4v) is 10.3. The highest BCUT2D eigenvalue weighted by Gasteiger charge is 2.27. The predicted molar refractivity (Wildman–Crippen MR) is 330 cm³/mol. The molecule has 1 N–H and O–H groups in total. The van der Waals surface area contributed by atoms with Gasteiger partial charge in [-0.15, -0.1) is 0 Å². The number of carbonyl (C=O) groups excluding carboxylic acids is 2. The second-order valence-corrected chi connectivity index (χ2v) is 24.9. The van der Waals surface area contributed by atoms with Crippen molar-refractivity contribution in [1.82, 2.24) is 0 Å². The molecule has 0 aliphatic rings. The van der Waals surface area contributed by atoms with Gasteiger partial charge in [0.25, 0.3) is 0 Å². The lowest BCUT2D eigenvalue weighted by Gasteiger charge is -2.24.